The number of carboxylic acid groups (broad SMARTS) is 1. The van der Waals surface area contributed by atoms with Crippen LogP contribution in [0.25, 0.3) is 0 Å². The van der Waals surface area contributed by atoms with Crippen molar-refractivity contribution in [2.24, 2.45) is 0 Å². The first-order chi connectivity index (χ1) is 6.73. The Bertz CT molecular complexity index is 148. The SMILES string of the molecule is CC(C)N(C(C)C)C(C)C.O=C(O)CO. The van der Waals surface area contributed by atoms with Crippen LogP contribution < -0.4 is 0 Å². The van der Waals surface area contributed by atoms with Crippen LogP contribution in [0.2, 0.25) is 0 Å². The number of carbonyl (C=O) groups is 1. The largest absolute Gasteiger partial charge is 0.480 e. The first kappa shape index (κ1) is 16.8. The fraction of sp³-hybridized carbons (Fsp3) is 0.909. The number of aliphatic hydroxyl groups excluding tert-OH is 1. The molecule has 0 saturated carbocycles. The van der Waals surface area contributed by atoms with Crippen molar-refractivity contribution in [2.45, 2.75) is 59.7 Å². The molecule has 0 bridgehead atoms. The van der Waals surface area contributed by atoms with Gasteiger partial charge in [0.1, 0.15) is 6.61 Å². The summed E-state index contributed by atoms with van der Waals surface area (Å²) >= 11 is 0. The highest BCUT2D eigenvalue weighted by atomic mass is 16.4. The van der Waals surface area contributed by atoms with Gasteiger partial charge in [0.25, 0.3) is 0 Å². The number of aliphatic carboxylic acids is 1. The van der Waals surface area contributed by atoms with Crippen molar-refractivity contribution in [3.63, 3.8) is 0 Å². The van der Waals surface area contributed by atoms with Gasteiger partial charge in [0.2, 0.25) is 0 Å². The van der Waals surface area contributed by atoms with Crippen LogP contribution in [0.5, 0.6) is 0 Å². The van der Waals surface area contributed by atoms with Crippen LogP contribution in [-0.4, -0.2) is 45.8 Å². The van der Waals surface area contributed by atoms with Gasteiger partial charge in [0, 0.05) is 18.1 Å². The second-order valence-electron chi connectivity index (χ2n) is 4.28. The van der Waals surface area contributed by atoms with E-state index in [2.05, 4.69) is 46.4 Å². The highest BCUT2D eigenvalue weighted by Gasteiger charge is 2.15. The Labute approximate surface area is 92.9 Å². The molecule has 0 atom stereocenters. The Morgan fingerprint density at radius 2 is 1.20 bits per heavy atom. The number of carboxylic acids is 1. The van der Waals surface area contributed by atoms with Crippen LogP contribution >= 0.6 is 0 Å². The fourth-order valence-electron chi connectivity index (χ4n) is 1.79. The zero-order chi connectivity index (χ0) is 12.6. The highest BCUT2D eigenvalue weighted by molar-refractivity contribution is 5.67. The van der Waals surface area contributed by atoms with Crippen LogP contribution in [0.1, 0.15) is 41.5 Å². The molecule has 4 heteroatoms. The number of rotatable bonds is 4. The minimum atomic E-state index is -1.19. The maximum Gasteiger partial charge on any atom is 0.329 e. The van der Waals surface area contributed by atoms with E-state index in [1.807, 2.05) is 0 Å². The number of aliphatic hydroxyl groups is 1. The molecule has 0 rings (SSSR count). The van der Waals surface area contributed by atoms with Gasteiger partial charge in [-0.1, -0.05) is 0 Å². The molecule has 0 unspecified atom stereocenters. The van der Waals surface area contributed by atoms with E-state index in [1.54, 1.807) is 0 Å². The van der Waals surface area contributed by atoms with E-state index in [1.165, 1.54) is 0 Å². The summed E-state index contributed by atoms with van der Waals surface area (Å²) in [4.78, 5) is 11.6. The molecule has 0 aliphatic carbocycles. The molecule has 0 aromatic heterocycles. The normalized spacial score (nSPS) is 10.9. The van der Waals surface area contributed by atoms with Crippen LogP contribution in [0.15, 0.2) is 0 Å². The van der Waals surface area contributed by atoms with Crippen molar-refractivity contribution in [2.75, 3.05) is 6.61 Å². The lowest BCUT2D eigenvalue weighted by Gasteiger charge is -2.34. The molecule has 4 nitrogen and oxygen atoms in total. The topological polar surface area (TPSA) is 60.8 Å². The summed E-state index contributed by atoms with van der Waals surface area (Å²) in [5.74, 6) is -1.19. The van der Waals surface area contributed by atoms with E-state index in [0.717, 1.165) is 0 Å². The molecule has 0 saturated heterocycles. The van der Waals surface area contributed by atoms with Crippen molar-refractivity contribution < 1.29 is 15.0 Å². The van der Waals surface area contributed by atoms with Gasteiger partial charge >= 0.3 is 5.97 Å². The summed E-state index contributed by atoms with van der Waals surface area (Å²) in [6.45, 7) is 12.7. The summed E-state index contributed by atoms with van der Waals surface area (Å²) in [7, 11) is 0. The first-order valence-corrected chi connectivity index (χ1v) is 5.34. The lowest BCUT2D eigenvalue weighted by Crippen LogP contribution is -2.42. The Morgan fingerprint density at radius 3 is 1.20 bits per heavy atom. The van der Waals surface area contributed by atoms with Crippen molar-refractivity contribution in [3.8, 4) is 0 Å². The second kappa shape index (κ2) is 8.68. The third-order valence-electron chi connectivity index (χ3n) is 1.92. The molecule has 2 N–H and O–H groups in total. The molecule has 0 fully saturated rings. The first-order valence-electron chi connectivity index (χ1n) is 5.34. The molecule has 0 aromatic carbocycles. The quantitative estimate of drug-likeness (QED) is 0.753. The van der Waals surface area contributed by atoms with Crippen molar-refractivity contribution >= 4 is 5.97 Å². The van der Waals surface area contributed by atoms with Crippen LogP contribution in [0.4, 0.5) is 0 Å². The van der Waals surface area contributed by atoms with Gasteiger partial charge in [0.05, 0.1) is 0 Å². The van der Waals surface area contributed by atoms with Crippen LogP contribution in [-0.2, 0) is 4.79 Å². The number of nitrogens with zero attached hydrogens (tertiary/aromatic N) is 1. The highest BCUT2D eigenvalue weighted by Crippen LogP contribution is 2.08. The number of hydrogen-bond acceptors (Lipinski definition) is 3. The van der Waals surface area contributed by atoms with E-state index < -0.39 is 12.6 Å². The Hall–Kier alpha value is -0.610. The van der Waals surface area contributed by atoms with Gasteiger partial charge in [0.15, 0.2) is 0 Å². The van der Waals surface area contributed by atoms with Gasteiger partial charge in [-0.25, -0.2) is 4.79 Å². The summed E-state index contributed by atoms with van der Waals surface area (Å²) in [5.41, 5.74) is 0. The molecule has 0 heterocycles. The molecule has 0 aliphatic rings. The van der Waals surface area contributed by atoms with E-state index in [4.69, 9.17) is 15.0 Å². The third-order valence-corrected chi connectivity index (χ3v) is 1.92. The Balaban J connectivity index is 0. The molecule has 0 aliphatic heterocycles. The molecular weight excluding hydrogens is 194 g/mol. The molecule has 0 spiro atoms. The summed E-state index contributed by atoms with van der Waals surface area (Å²) in [6.07, 6.45) is 0. The van der Waals surface area contributed by atoms with Gasteiger partial charge < -0.3 is 10.2 Å². The maximum absolute atomic E-state index is 9.12. The zero-order valence-corrected chi connectivity index (χ0v) is 10.7. The molecule has 0 aromatic rings. The van der Waals surface area contributed by atoms with Crippen molar-refractivity contribution in [1.82, 2.24) is 4.90 Å². The van der Waals surface area contributed by atoms with Crippen molar-refractivity contribution in [1.29, 1.82) is 0 Å². The van der Waals surface area contributed by atoms with Crippen LogP contribution in [0.3, 0.4) is 0 Å². The fourth-order valence-corrected chi connectivity index (χ4v) is 1.79. The second-order valence-corrected chi connectivity index (χ2v) is 4.28. The third kappa shape index (κ3) is 9.69. The minimum Gasteiger partial charge on any atom is -0.480 e. The van der Waals surface area contributed by atoms with Crippen LogP contribution in [0, 0.1) is 0 Å². The predicted octanol–water partition coefficient (Wildman–Crippen LogP) is 1.58. The molecule has 15 heavy (non-hydrogen) atoms. The maximum atomic E-state index is 9.12. The Kier molecular flexibility index (Phi) is 9.72. The number of hydrogen-bond donors (Lipinski definition) is 2. The van der Waals surface area contributed by atoms with Gasteiger partial charge in [-0.05, 0) is 41.5 Å². The minimum absolute atomic E-state index is 0.667. The average Bonchev–Trinajstić information content (AvgIpc) is 2.02. The summed E-state index contributed by atoms with van der Waals surface area (Å²) in [6, 6.07) is 2.00. The van der Waals surface area contributed by atoms with E-state index in [0.29, 0.717) is 18.1 Å². The molecule has 0 radical (unpaired) electrons. The van der Waals surface area contributed by atoms with E-state index >= 15 is 0 Å². The summed E-state index contributed by atoms with van der Waals surface area (Å²) in [5, 5.41) is 15.0. The Morgan fingerprint density at radius 1 is 1.00 bits per heavy atom. The molecule has 92 valence electrons. The lowest BCUT2D eigenvalue weighted by molar-refractivity contribution is -0.140. The summed E-state index contributed by atoms with van der Waals surface area (Å²) < 4.78 is 0. The van der Waals surface area contributed by atoms with E-state index in [9.17, 15) is 0 Å². The van der Waals surface area contributed by atoms with Crippen molar-refractivity contribution in [3.05, 3.63) is 0 Å². The van der Waals surface area contributed by atoms with Gasteiger partial charge in [-0.15, -0.1) is 0 Å². The van der Waals surface area contributed by atoms with Gasteiger partial charge in [-0.3, -0.25) is 4.90 Å². The zero-order valence-electron chi connectivity index (χ0n) is 10.7. The molecular formula is C11H25NO3. The van der Waals surface area contributed by atoms with E-state index in [-0.39, 0.29) is 0 Å². The molecule has 0 amide bonds. The monoisotopic (exact) mass is 219 g/mol. The average molecular weight is 219 g/mol. The smallest absolute Gasteiger partial charge is 0.329 e. The lowest BCUT2D eigenvalue weighted by atomic mass is 10.2. The standard InChI is InChI=1S/C9H21N.C2H4O3/c1-7(2)10(8(3)4)9(5)6;3-1-2(4)5/h7-9H,1-6H3;3H,1H2,(H,4,5). The van der Waals surface area contributed by atoms with Gasteiger partial charge in [-0.2, -0.15) is 0 Å². The predicted molar refractivity (Wildman–Crippen MR) is 62.0 cm³/mol.